The molecule has 3 atom stereocenters. The Morgan fingerprint density at radius 1 is 0.689 bits per heavy atom. The van der Waals surface area contributed by atoms with E-state index in [9.17, 15) is 24.0 Å². The summed E-state index contributed by atoms with van der Waals surface area (Å²) in [6.45, 7) is 20.5. The molecule has 0 saturated carbocycles. The summed E-state index contributed by atoms with van der Waals surface area (Å²) in [6.07, 6.45) is -5.09. The number of oxime groups is 1. The largest absolute Gasteiger partial charge is 0.497 e. The molecule has 0 unspecified atom stereocenters. The van der Waals surface area contributed by atoms with Crippen LogP contribution in [0.5, 0.6) is 23.0 Å². The first-order valence-electron chi connectivity index (χ1n) is 32.5. The maximum Gasteiger partial charge on any atom is 0.441 e. The van der Waals surface area contributed by atoms with Crippen molar-refractivity contribution < 1.29 is 85.8 Å². The van der Waals surface area contributed by atoms with Gasteiger partial charge in [0, 0.05) is 23.2 Å². The van der Waals surface area contributed by atoms with Gasteiger partial charge >= 0.3 is 30.2 Å². The molecule has 0 radical (unpaired) electrons. The minimum absolute atomic E-state index is 0.0340. The molecule has 2 saturated heterocycles. The molecule has 6 aromatic rings. The van der Waals surface area contributed by atoms with E-state index in [-0.39, 0.29) is 63.4 Å². The Morgan fingerprint density at radius 3 is 1.70 bits per heavy atom. The Balaban J connectivity index is 1.22. The third-order valence-corrected chi connectivity index (χ3v) is 18.8. The van der Waals surface area contributed by atoms with Crippen LogP contribution in [0.15, 0.2) is 137 Å². The molecular weight excluding hydrogens is 1410 g/mol. The zero-order valence-electron chi connectivity index (χ0n) is 60.1. The van der Waals surface area contributed by atoms with Crippen molar-refractivity contribution in [3.8, 4) is 23.0 Å². The number of benzene rings is 5. The molecule has 3 N–H and O–H groups in total. The van der Waals surface area contributed by atoms with Gasteiger partial charge in [-0.3, -0.25) is 14.4 Å². The van der Waals surface area contributed by atoms with Gasteiger partial charge in [0.15, 0.2) is 38.2 Å². The van der Waals surface area contributed by atoms with E-state index in [1.165, 1.54) is 92.0 Å². The molecule has 2 aliphatic heterocycles. The maximum atomic E-state index is 16.2. The lowest BCUT2D eigenvalue weighted by Crippen LogP contribution is -2.68. The number of nitrogens with one attached hydrogen (secondary N) is 1. The number of esters is 2. The minimum atomic E-state index is -1.83. The summed E-state index contributed by atoms with van der Waals surface area (Å²) in [5.41, 5.74) is 0.434. The summed E-state index contributed by atoms with van der Waals surface area (Å²) in [6, 6.07) is 33.3. The Bertz CT molecular complexity index is 4070. The monoisotopic (exact) mass is 1490 g/mol. The fraction of sp³-hybridized carbons (Fsp3) is 0.411. The van der Waals surface area contributed by atoms with Gasteiger partial charge in [0.25, 0.3) is 11.8 Å². The van der Waals surface area contributed by atoms with Gasteiger partial charge < -0.3 is 63.4 Å². The number of nitrogens with two attached hydrogens (primary N) is 1. The standard InChI is InChI=1S/C73H85ClN8O18S3/c1-68(2,3)96-62(86)72(13,14)100-79-54(50-41-101-64(75)76-50)58(83)77-55-60(85)81-42-73(103-61(55)81,63(87)95-56(45-23-19-17-20-24-45)46-25-21-18-22-26-46)102-38-37-80(65(88)97-69(4,5)6)59(84)53(78-82(66(89)98-70(7,8)9)67(90)99-71(10,11)12)49-35-36-51(93-39-43-27-31-47(91-15)32-28-43)57(52(49)74)94-40-44-29-33-48(92-16)34-30-44/h17-36,41,55-56,61H,37-40,42H2,1-16H3,(H2,75,76)(H,77,83)/b78-53-,79-54-/t55-,61-,73-/m1/s1. The quantitative estimate of drug-likeness (QED) is 0.0177. The number of thiazole rings is 1. The molecule has 5 aromatic carbocycles. The summed E-state index contributed by atoms with van der Waals surface area (Å²) in [7, 11) is 3.06. The summed E-state index contributed by atoms with van der Waals surface area (Å²) in [5.74, 6) is -3.80. The molecule has 0 spiro atoms. The number of imide groups is 2. The summed E-state index contributed by atoms with van der Waals surface area (Å²) in [4.78, 5) is 130. The van der Waals surface area contributed by atoms with E-state index in [2.05, 4.69) is 20.6 Å². The van der Waals surface area contributed by atoms with E-state index in [1.807, 2.05) is 0 Å². The highest BCUT2D eigenvalue weighted by atomic mass is 35.5. The molecule has 8 rings (SSSR count). The highest BCUT2D eigenvalue weighted by molar-refractivity contribution is 8.20. The minimum Gasteiger partial charge on any atom is -0.497 e. The topological polar surface area (TPSA) is 314 Å². The third-order valence-electron chi connectivity index (χ3n) is 14.5. The van der Waals surface area contributed by atoms with Gasteiger partial charge in [0.1, 0.15) is 64.2 Å². The molecule has 2 fully saturated rings. The second kappa shape index (κ2) is 32.8. The number of hydrogen-bond donors (Lipinski definition) is 2. The van der Waals surface area contributed by atoms with E-state index in [4.69, 9.17) is 64.8 Å². The number of anilines is 1. The first kappa shape index (κ1) is 79.1. The van der Waals surface area contributed by atoms with Gasteiger partial charge in [-0.05, 0) is 156 Å². The van der Waals surface area contributed by atoms with Crippen LogP contribution in [0, 0.1) is 0 Å². The number of nitrogen functional groups attached to an aromatic ring is 1. The number of carbonyl (C=O) groups is 8. The first-order valence-corrected chi connectivity index (χ1v) is 35.6. The molecule has 2 aliphatic rings. The van der Waals surface area contributed by atoms with Gasteiger partial charge in [-0.25, -0.2) is 33.9 Å². The number of thioether (sulfide) groups is 2. The molecule has 30 heteroatoms. The van der Waals surface area contributed by atoms with Crippen molar-refractivity contribution in [2.75, 3.05) is 38.8 Å². The summed E-state index contributed by atoms with van der Waals surface area (Å²) in [5, 5.41) is 11.6. The van der Waals surface area contributed by atoms with Gasteiger partial charge in [-0.1, -0.05) is 107 Å². The van der Waals surface area contributed by atoms with E-state index in [1.54, 1.807) is 151 Å². The zero-order valence-corrected chi connectivity index (χ0v) is 63.3. The maximum absolute atomic E-state index is 16.2. The van der Waals surface area contributed by atoms with Crippen molar-refractivity contribution in [1.82, 2.24) is 25.1 Å². The lowest BCUT2D eigenvalue weighted by atomic mass is 10.0. The number of hydrogen-bond acceptors (Lipinski definition) is 25. The molecular formula is C73H85ClN8O18S3. The SMILES string of the molecule is COc1ccc(COc2ccc(/C(=N/N(C(=O)OC(C)(C)C)C(=O)OC(C)(C)C)C(=O)N(CCS[C@]3(C(=O)OC(c4ccccc4)c4ccccc4)CN4C(=O)[C@@H](NC(=O)/C(=N\OC(C)(C)C(=O)OC(C)(C)C)c5csc(N)n5)[C@H]4S3)C(=O)OC(C)(C)C)c(Cl)c2OCc2ccc(OC)cc2)cc1. The number of hydrazone groups is 1. The highest BCUT2D eigenvalue weighted by Gasteiger charge is 2.63. The number of aromatic nitrogens is 1. The van der Waals surface area contributed by atoms with Crippen LogP contribution in [0.2, 0.25) is 5.02 Å². The van der Waals surface area contributed by atoms with Crippen LogP contribution < -0.4 is 30.0 Å². The number of halogens is 1. The lowest BCUT2D eigenvalue weighted by molar-refractivity contribution is -0.179. The van der Waals surface area contributed by atoms with Crippen molar-refractivity contribution in [1.29, 1.82) is 0 Å². The number of rotatable bonds is 25. The predicted octanol–water partition coefficient (Wildman–Crippen LogP) is 12.9. The normalized spacial score (nSPS) is 16.3. The van der Waals surface area contributed by atoms with E-state index < -0.39 is 116 Å². The Hall–Kier alpha value is -9.58. The van der Waals surface area contributed by atoms with Crippen molar-refractivity contribution in [3.05, 3.63) is 165 Å². The third kappa shape index (κ3) is 21.1. The Kier molecular flexibility index (Phi) is 25.2. The lowest BCUT2D eigenvalue weighted by Gasteiger charge is -2.41. The molecule has 550 valence electrons. The van der Waals surface area contributed by atoms with Crippen LogP contribution in [-0.4, -0.2) is 156 Å². The van der Waals surface area contributed by atoms with E-state index in [0.717, 1.165) is 34.9 Å². The first-order chi connectivity index (χ1) is 48.3. The van der Waals surface area contributed by atoms with Crippen LogP contribution in [0.3, 0.4) is 0 Å². The second-order valence-electron chi connectivity index (χ2n) is 27.9. The molecule has 3 heterocycles. The van der Waals surface area contributed by atoms with Crippen molar-refractivity contribution in [2.24, 2.45) is 10.3 Å². The number of β-lactam (4-membered cyclic amide) rings is 1. The molecule has 0 aliphatic carbocycles. The predicted molar refractivity (Wildman–Crippen MR) is 390 cm³/mol. The fourth-order valence-electron chi connectivity index (χ4n) is 9.68. The van der Waals surface area contributed by atoms with Crippen molar-refractivity contribution in [3.63, 3.8) is 0 Å². The molecule has 1 aromatic heterocycles. The zero-order chi connectivity index (χ0) is 75.6. The van der Waals surface area contributed by atoms with Crippen molar-refractivity contribution in [2.45, 2.75) is 160 Å². The van der Waals surface area contributed by atoms with Gasteiger partial charge in [-0.15, -0.1) is 34.9 Å². The second-order valence-corrected chi connectivity index (χ2v) is 32.3. The molecule has 26 nitrogen and oxygen atoms in total. The molecule has 103 heavy (non-hydrogen) atoms. The fourth-order valence-corrected chi connectivity index (χ4v) is 13.7. The Labute approximate surface area is 615 Å². The van der Waals surface area contributed by atoms with Gasteiger partial charge in [-0.2, -0.15) is 5.10 Å². The smallest absolute Gasteiger partial charge is 0.441 e. The number of methoxy groups -OCH3 is 2. The van der Waals surface area contributed by atoms with Crippen LogP contribution in [0.1, 0.15) is 137 Å². The van der Waals surface area contributed by atoms with Gasteiger partial charge in [0.2, 0.25) is 11.5 Å². The average molecular weight is 1490 g/mol. The van der Waals surface area contributed by atoms with Crippen molar-refractivity contribution >= 4 is 111 Å². The average Bonchev–Trinajstić information content (AvgIpc) is 1.57. The number of carbonyl (C=O) groups excluding carboxylic acids is 8. The number of nitrogens with zero attached hydrogens (tertiary/aromatic N) is 6. The highest BCUT2D eigenvalue weighted by Crippen LogP contribution is 2.54. The summed E-state index contributed by atoms with van der Waals surface area (Å²) >= 11 is 10.4. The number of ether oxygens (including phenoxy) is 9. The number of amides is 6. The van der Waals surface area contributed by atoms with Crippen LogP contribution in [0.25, 0.3) is 0 Å². The van der Waals surface area contributed by atoms with E-state index in [0.29, 0.717) is 38.7 Å². The molecule has 0 bridgehead atoms. The van der Waals surface area contributed by atoms with Gasteiger partial charge in [0.05, 0.1) is 25.8 Å². The number of fused-ring (bicyclic) bond motifs is 1. The summed E-state index contributed by atoms with van der Waals surface area (Å²) < 4.78 is 51.2. The van der Waals surface area contributed by atoms with Crippen LogP contribution in [-0.2, 0) is 65.7 Å². The Morgan fingerprint density at radius 2 is 1.20 bits per heavy atom. The van der Waals surface area contributed by atoms with Crippen LogP contribution >= 0.6 is 46.5 Å². The molecule has 6 amide bonds. The van der Waals surface area contributed by atoms with E-state index >= 15 is 14.4 Å². The van der Waals surface area contributed by atoms with Crippen LogP contribution in [0.4, 0.5) is 19.5 Å².